The van der Waals surface area contributed by atoms with E-state index >= 15 is 0 Å². The molecule has 1 nitrogen and oxygen atoms in total. The highest BCUT2D eigenvalue weighted by atomic mass is 79.9. The van der Waals surface area contributed by atoms with E-state index in [-0.39, 0.29) is 5.24 Å². The molecule has 0 spiro atoms. The van der Waals surface area contributed by atoms with E-state index in [0.717, 1.165) is 10.0 Å². The predicted molar refractivity (Wildman–Crippen MR) is 67.2 cm³/mol. The molecular weight excluding hydrogens is 275 g/mol. The molecule has 1 unspecified atom stereocenters. The summed E-state index contributed by atoms with van der Waals surface area (Å²) in [7, 11) is 0. The molecule has 1 aromatic carbocycles. The molecule has 0 amide bonds. The summed E-state index contributed by atoms with van der Waals surface area (Å²) in [6.45, 7) is 5.48. The number of carbonyl (C=O) groups is 1. The third-order valence-corrected chi connectivity index (χ3v) is 3.56. The molecule has 0 aliphatic rings. The molecule has 0 heterocycles. The second-order valence-electron chi connectivity index (χ2n) is 3.58. The predicted octanol–water partition coefficient (Wildman–Crippen LogP) is 4.05. The van der Waals surface area contributed by atoms with E-state index in [9.17, 15) is 4.79 Å². The summed E-state index contributed by atoms with van der Waals surface area (Å²) in [6, 6.07) is 7.59. The van der Waals surface area contributed by atoms with Crippen LogP contribution in [-0.2, 0) is 10.2 Å². The minimum Gasteiger partial charge on any atom is -0.280 e. The SMILES string of the molecule is C=CCC(C)(C(=O)Cl)c1ccccc1Br. The first kappa shape index (κ1) is 12.5. The lowest BCUT2D eigenvalue weighted by molar-refractivity contribution is -0.116. The van der Waals surface area contributed by atoms with E-state index in [1.807, 2.05) is 31.2 Å². The van der Waals surface area contributed by atoms with Gasteiger partial charge in [-0.05, 0) is 36.6 Å². The normalized spacial score (nSPS) is 14.3. The molecule has 0 aromatic heterocycles. The minimum atomic E-state index is -0.705. The molecule has 0 saturated heterocycles. The second-order valence-corrected chi connectivity index (χ2v) is 4.78. The molecule has 1 atom stereocenters. The summed E-state index contributed by atoms with van der Waals surface area (Å²) in [6.07, 6.45) is 2.23. The van der Waals surface area contributed by atoms with Gasteiger partial charge < -0.3 is 0 Å². The Bertz CT molecular complexity index is 389. The van der Waals surface area contributed by atoms with Gasteiger partial charge in [0.05, 0.1) is 5.41 Å². The van der Waals surface area contributed by atoms with Crippen molar-refractivity contribution in [1.82, 2.24) is 0 Å². The van der Waals surface area contributed by atoms with Crippen LogP contribution >= 0.6 is 27.5 Å². The Balaban J connectivity index is 3.27. The van der Waals surface area contributed by atoms with Gasteiger partial charge in [0.25, 0.3) is 0 Å². The van der Waals surface area contributed by atoms with Crippen LogP contribution in [0.3, 0.4) is 0 Å². The number of carbonyl (C=O) groups excluding carboxylic acids is 1. The monoisotopic (exact) mass is 286 g/mol. The lowest BCUT2D eigenvalue weighted by Gasteiger charge is -2.25. The molecule has 0 bridgehead atoms. The fourth-order valence-corrected chi connectivity index (χ4v) is 2.39. The van der Waals surface area contributed by atoms with Crippen LogP contribution in [0.4, 0.5) is 0 Å². The van der Waals surface area contributed by atoms with Crippen molar-refractivity contribution in [1.29, 1.82) is 0 Å². The molecule has 0 aliphatic heterocycles. The third kappa shape index (κ3) is 2.50. The Morgan fingerprint density at radius 2 is 2.20 bits per heavy atom. The lowest BCUT2D eigenvalue weighted by Crippen LogP contribution is -2.28. The highest BCUT2D eigenvalue weighted by molar-refractivity contribution is 9.10. The van der Waals surface area contributed by atoms with Gasteiger partial charge in [0.2, 0.25) is 5.24 Å². The molecule has 0 fully saturated rings. The molecule has 0 aliphatic carbocycles. The topological polar surface area (TPSA) is 17.1 Å². The van der Waals surface area contributed by atoms with Crippen molar-refractivity contribution in [3.05, 3.63) is 47.0 Å². The summed E-state index contributed by atoms with van der Waals surface area (Å²) < 4.78 is 0.892. The van der Waals surface area contributed by atoms with Crippen molar-refractivity contribution in [3.8, 4) is 0 Å². The van der Waals surface area contributed by atoms with E-state index in [4.69, 9.17) is 11.6 Å². The van der Waals surface area contributed by atoms with Crippen LogP contribution in [0.25, 0.3) is 0 Å². The van der Waals surface area contributed by atoms with E-state index in [0.29, 0.717) is 6.42 Å². The van der Waals surface area contributed by atoms with Crippen molar-refractivity contribution in [3.63, 3.8) is 0 Å². The van der Waals surface area contributed by atoms with Gasteiger partial charge in [0.15, 0.2) is 0 Å². The molecule has 15 heavy (non-hydrogen) atoms. The summed E-state index contributed by atoms with van der Waals surface area (Å²) in [5.74, 6) is 0. The van der Waals surface area contributed by atoms with Crippen LogP contribution in [0, 0.1) is 0 Å². The summed E-state index contributed by atoms with van der Waals surface area (Å²) in [5, 5.41) is -0.366. The minimum absolute atomic E-state index is 0.366. The van der Waals surface area contributed by atoms with Crippen LogP contribution in [0.2, 0.25) is 0 Å². The van der Waals surface area contributed by atoms with Gasteiger partial charge >= 0.3 is 0 Å². The van der Waals surface area contributed by atoms with Gasteiger partial charge in [-0.2, -0.15) is 0 Å². The number of benzene rings is 1. The molecule has 1 aromatic rings. The maximum atomic E-state index is 11.5. The van der Waals surface area contributed by atoms with Crippen LogP contribution in [-0.4, -0.2) is 5.24 Å². The first-order chi connectivity index (χ1) is 7.02. The fraction of sp³-hybridized carbons (Fsp3) is 0.250. The van der Waals surface area contributed by atoms with Gasteiger partial charge in [0.1, 0.15) is 0 Å². The number of hydrogen-bond donors (Lipinski definition) is 0. The average Bonchev–Trinajstić information content (AvgIpc) is 2.18. The molecule has 0 N–H and O–H groups in total. The van der Waals surface area contributed by atoms with Gasteiger partial charge in [0, 0.05) is 4.47 Å². The Morgan fingerprint density at radius 3 is 2.67 bits per heavy atom. The summed E-state index contributed by atoms with van der Waals surface area (Å²) in [4.78, 5) is 11.5. The maximum absolute atomic E-state index is 11.5. The Morgan fingerprint density at radius 1 is 1.60 bits per heavy atom. The maximum Gasteiger partial charge on any atom is 0.232 e. The fourth-order valence-electron chi connectivity index (χ4n) is 1.49. The van der Waals surface area contributed by atoms with Crippen LogP contribution in [0.1, 0.15) is 18.9 Å². The largest absolute Gasteiger partial charge is 0.280 e. The first-order valence-electron chi connectivity index (χ1n) is 4.58. The molecule has 80 valence electrons. The third-order valence-electron chi connectivity index (χ3n) is 2.45. The summed E-state index contributed by atoms with van der Waals surface area (Å²) in [5.41, 5.74) is 0.188. The highest BCUT2D eigenvalue weighted by Crippen LogP contribution is 2.35. The standard InChI is InChI=1S/C12H12BrClO/c1-3-8-12(2,11(14)15)9-6-4-5-7-10(9)13/h3-7H,1,8H2,2H3. The van der Waals surface area contributed by atoms with Gasteiger partial charge in [-0.1, -0.05) is 40.2 Å². The van der Waals surface area contributed by atoms with Crippen LogP contribution < -0.4 is 0 Å². The smallest absolute Gasteiger partial charge is 0.232 e. The number of hydrogen-bond acceptors (Lipinski definition) is 1. The quantitative estimate of drug-likeness (QED) is 0.603. The molecule has 1 rings (SSSR count). The molecule has 0 saturated carbocycles. The van der Waals surface area contributed by atoms with Crippen molar-refractivity contribution in [2.45, 2.75) is 18.8 Å². The molecule has 3 heteroatoms. The Hall–Kier alpha value is -0.600. The highest BCUT2D eigenvalue weighted by Gasteiger charge is 2.33. The van der Waals surface area contributed by atoms with Crippen molar-refractivity contribution in [2.24, 2.45) is 0 Å². The van der Waals surface area contributed by atoms with E-state index in [1.54, 1.807) is 6.08 Å². The number of rotatable bonds is 4. The first-order valence-corrected chi connectivity index (χ1v) is 5.75. The zero-order chi connectivity index (χ0) is 11.5. The van der Waals surface area contributed by atoms with Gasteiger partial charge in [-0.25, -0.2) is 0 Å². The summed E-state index contributed by atoms with van der Waals surface area (Å²) >= 11 is 9.09. The lowest BCUT2D eigenvalue weighted by atomic mass is 9.81. The van der Waals surface area contributed by atoms with E-state index < -0.39 is 5.41 Å². The second kappa shape index (κ2) is 4.95. The van der Waals surface area contributed by atoms with Crippen LogP contribution in [0.5, 0.6) is 0 Å². The van der Waals surface area contributed by atoms with Crippen molar-refractivity contribution < 1.29 is 4.79 Å². The zero-order valence-corrected chi connectivity index (χ0v) is 10.8. The van der Waals surface area contributed by atoms with Crippen molar-refractivity contribution >= 4 is 32.8 Å². The van der Waals surface area contributed by atoms with Gasteiger partial charge in [-0.15, -0.1) is 6.58 Å². The van der Waals surface area contributed by atoms with Crippen LogP contribution in [0.15, 0.2) is 41.4 Å². The van der Waals surface area contributed by atoms with E-state index in [2.05, 4.69) is 22.5 Å². The average molecular weight is 288 g/mol. The van der Waals surface area contributed by atoms with Crippen molar-refractivity contribution in [2.75, 3.05) is 0 Å². The Labute approximate surface area is 103 Å². The number of allylic oxidation sites excluding steroid dienone is 1. The zero-order valence-electron chi connectivity index (χ0n) is 8.47. The number of halogens is 2. The van der Waals surface area contributed by atoms with Gasteiger partial charge in [-0.3, -0.25) is 4.79 Å². The Kier molecular flexibility index (Phi) is 4.12. The molecule has 0 radical (unpaired) electrons. The van der Waals surface area contributed by atoms with E-state index in [1.165, 1.54) is 0 Å². The molecular formula is C12H12BrClO.